The number of benzene rings is 1. The zero-order chi connectivity index (χ0) is 15.1. The fourth-order valence-corrected chi connectivity index (χ4v) is 2.52. The van der Waals surface area contributed by atoms with E-state index >= 15 is 0 Å². The van der Waals surface area contributed by atoms with Crippen LogP contribution in [-0.4, -0.2) is 11.5 Å². The van der Waals surface area contributed by atoms with E-state index in [2.05, 4.69) is 48.4 Å². The van der Waals surface area contributed by atoms with Crippen molar-refractivity contribution in [2.45, 2.75) is 39.2 Å². The summed E-state index contributed by atoms with van der Waals surface area (Å²) in [6, 6.07) is 12.9. The molecule has 2 nitrogen and oxygen atoms in total. The Labute approximate surface area is 132 Å². The highest BCUT2D eigenvalue weighted by Crippen LogP contribution is 2.22. The number of rotatable bonds is 7. The van der Waals surface area contributed by atoms with Crippen LogP contribution in [0, 0.1) is 0 Å². The number of hydrogen-bond acceptors (Lipinski definition) is 2. The number of hydrogen-bond donors (Lipinski definition) is 1. The van der Waals surface area contributed by atoms with Crippen molar-refractivity contribution in [2.24, 2.45) is 0 Å². The van der Waals surface area contributed by atoms with Crippen LogP contribution < -0.4 is 5.32 Å². The summed E-state index contributed by atoms with van der Waals surface area (Å²) in [7, 11) is 0. The van der Waals surface area contributed by atoms with Crippen molar-refractivity contribution in [3.05, 3.63) is 64.4 Å². The number of nitrogens with one attached hydrogen (secondary N) is 1. The van der Waals surface area contributed by atoms with Gasteiger partial charge in [-0.05, 0) is 42.6 Å². The molecule has 0 saturated carbocycles. The van der Waals surface area contributed by atoms with Gasteiger partial charge in [0.25, 0.3) is 0 Å². The Bertz CT molecular complexity index is 534. The first-order valence-electron chi connectivity index (χ1n) is 7.68. The minimum Gasteiger partial charge on any atom is -0.305 e. The molecule has 0 radical (unpaired) electrons. The van der Waals surface area contributed by atoms with Gasteiger partial charge >= 0.3 is 0 Å². The third-order valence-corrected chi connectivity index (χ3v) is 3.72. The minimum absolute atomic E-state index is 0.123. The smallest absolute Gasteiger partial charge is 0.0751 e. The molecule has 0 bridgehead atoms. The van der Waals surface area contributed by atoms with Gasteiger partial charge in [-0.3, -0.25) is 4.98 Å². The first-order chi connectivity index (χ1) is 10.2. The van der Waals surface area contributed by atoms with E-state index in [1.165, 1.54) is 17.5 Å². The summed E-state index contributed by atoms with van der Waals surface area (Å²) < 4.78 is 0. The molecule has 1 aromatic heterocycles. The van der Waals surface area contributed by atoms with Gasteiger partial charge in [0.1, 0.15) is 0 Å². The van der Waals surface area contributed by atoms with Crippen LogP contribution in [0.2, 0.25) is 5.02 Å². The summed E-state index contributed by atoms with van der Waals surface area (Å²) in [4.78, 5) is 4.47. The quantitative estimate of drug-likeness (QED) is 0.796. The van der Waals surface area contributed by atoms with Gasteiger partial charge in [-0.25, -0.2) is 0 Å². The zero-order valence-corrected chi connectivity index (χ0v) is 13.5. The number of pyridine rings is 1. The first kappa shape index (κ1) is 16.0. The predicted octanol–water partition coefficient (Wildman–Crippen LogP) is 4.78. The molecule has 1 aromatic carbocycles. The fourth-order valence-electron chi connectivity index (χ4n) is 2.41. The lowest BCUT2D eigenvalue weighted by molar-refractivity contribution is 0.586. The van der Waals surface area contributed by atoms with Crippen LogP contribution in [-0.2, 0) is 6.42 Å². The molecule has 1 atom stereocenters. The molecule has 1 unspecified atom stereocenters. The Kier molecular flexibility index (Phi) is 6.21. The van der Waals surface area contributed by atoms with E-state index in [-0.39, 0.29) is 6.04 Å². The van der Waals surface area contributed by atoms with E-state index < -0.39 is 0 Å². The summed E-state index contributed by atoms with van der Waals surface area (Å²) in [5.41, 5.74) is 3.65. The van der Waals surface area contributed by atoms with Crippen LogP contribution in [0.15, 0.2) is 42.6 Å². The van der Waals surface area contributed by atoms with Crippen LogP contribution in [0.1, 0.15) is 49.6 Å². The molecule has 2 aromatic rings. The standard InChI is InChI=1S/C18H23ClN2/c1-3-5-14-6-8-15(9-7-14)18(20-12-4-2)17-11-10-16(19)13-21-17/h6-11,13,18,20H,3-5,12H2,1-2H3. The van der Waals surface area contributed by atoms with Gasteiger partial charge in [0.2, 0.25) is 0 Å². The van der Waals surface area contributed by atoms with E-state index in [0.29, 0.717) is 5.02 Å². The summed E-state index contributed by atoms with van der Waals surface area (Å²) in [6.07, 6.45) is 5.11. The molecule has 0 aliphatic rings. The maximum absolute atomic E-state index is 5.94. The molecule has 0 fully saturated rings. The van der Waals surface area contributed by atoms with Crippen LogP contribution in [0.5, 0.6) is 0 Å². The lowest BCUT2D eigenvalue weighted by Crippen LogP contribution is -2.24. The lowest BCUT2D eigenvalue weighted by Gasteiger charge is -2.19. The van der Waals surface area contributed by atoms with Gasteiger partial charge in [0, 0.05) is 6.20 Å². The summed E-state index contributed by atoms with van der Waals surface area (Å²) in [5.74, 6) is 0. The van der Waals surface area contributed by atoms with E-state index in [4.69, 9.17) is 11.6 Å². The Morgan fingerprint density at radius 1 is 1.05 bits per heavy atom. The molecule has 112 valence electrons. The second kappa shape index (κ2) is 8.16. The lowest BCUT2D eigenvalue weighted by atomic mass is 10.00. The number of aromatic nitrogens is 1. The first-order valence-corrected chi connectivity index (χ1v) is 8.06. The number of nitrogens with zero attached hydrogens (tertiary/aromatic N) is 1. The highest BCUT2D eigenvalue weighted by molar-refractivity contribution is 6.30. The third-order valence-electron chi connectivity index (χ3n) is 3.50. The molecule has 1 N–H and O–H groups in total. The monoisotopic (exact) mass is 302 g/mol. The largest absolute Gasteiger partial charge is 0.305 e. The molecule has 2 rings (SSSR count). The van der Waals surface area contributed by atoms with E-state index in [1.807, 2.05) is 12.1 Å². The number of halogens is 1. The molecule has 0 spiro atoms. The van der Waals surface area contributed by atoms with Crippen LogP contribution in [0.4, 0.5) is 0 Å². The molecule has 0 aliphatic carbocycles. The highest BCUT2D eigenvalue weighted by Gasteiger charge is 2.14. The molecule has 0 aliphatic heterocycles. The highest BCUT2D eigenvalue weighted by atomic mass is 35.5. The third kappa shape index (κ3) is 4.55. The van der Waals surface area contributed by atoms with Crippen LogP contribution in [0.3, 0.4) is 0 Å². The fraction of sp³-hybridized carbons (Fsp3) is 0.389. The van der Waals surface area contributed by atoms with Crippen molar-refractivity contribution in [1.29, 1.82) is 0 Å². The molecule has 3 heteroatoms. The predicted molar refractivity (Wildman–Crippen MR) is 89.8 cm³/mol. The van der Waals surface area contributed by atoms with Crippen molar-refractivity contribution >= 4 is 11.6 Å². The SMILES string of the molecule is CCCNC(c1ccc(CCC)cc1)c1ccc(Cl)cn1. The average molecular weight is 303 g/mol. The normalized spacial score (nSPS) is 12.3. The maximum atomic E-state index is 5.94. The number of aryl methyl sites for hydroxylation is 1. The summed E-state index contributed by atoms with van der Waals surface area (Å²) in [6.45, 7) is 5.34. The van der Waals surface area contributed by atoms with Crippen molar-refractivity contribution in [1.82, 2.24) is 10.3 Å². The van der Waals surface area contributed by atoms with Crippen molar-refractivity contribution in [2.75, 3.05) is 6.54 Å². The molecule has 0 amide bonds. The summed E-state index contributed by atoms with van der Waals surface area (Å²) >= 11 is 5.94. The van der Waals surface area contributed by atoms with Gasteiger partial charge in [-0.15, -0.1) is 0 Å². The molecular formula is C18H23ClN2. The molecule has 0 saturated heterocycles. The van der Waals surface area contributed by atoms with Crippen LogP contribution >= 0.6 is 11.6 Å². The van der Waals surface area contributed by atoms with E-state index in [0.717, 1.165) is 25.1 Å². The van der Waals surface area contributed by atoms with E-state index in [1.54, 1.807) is 6.20 Å². The van der Waals surface area contributed by atoms with Gasteiger partial charge < -0.3 is 5.32 Å². The zero-order valence-electron chi connectivity index (χ0n) is 12.8. The molecule has 1 heterocycles. The Hall–Kier alpha value is -1.38. The minimum atomic E-state index is 0.123. The van der Waals surface area contributed by atoms with Crippen molar-refractivity contribution < 1.29 is 0 Å². The van der Waals surface area contributed by atoms with Crippen LogP contribution in [0.25, 0.3) is 0 Å². The summed E-state index contributed by atoms with van der Waals surface area (Å²) in [5, 5.41) is 4.24. The second-order valence-electron chi connectivity index (χ2n) is 5.28. The van der Waals surface area contributed by atoms with Crippen molar-refractivity contribution in [3.8, 4) is 0 Å². The molecular weight excluding hydrogens is 280 g/mol. The van der Waals surface area contributed by atoms with Gasteiger partial charge in [-0.2, -0.15) is 0 Å². The van der Waals surface area contributed by atoms with Gasteiger partial charge in [0.15, 0.2) is 0 Å². The Balaban J connectivity index is 2.24. The Morgan fingerprint density at radius 3 is 2.38 bits per heavy atom. The van der Waals surface area contributed by atoms with Crippen molar-refractivity contribution in [3.63, 3.8) is 0 Å². The average Bonchev–Trinajstić information content (AvgIpc) is 2.51. The topological polar surface area (TPSA) is 24.9 Å². The maximum Gasteiger partial charge on any atom is 0.0751 e. The molecule has 21 heavy (non-hydrogen) atoms. The van der Waals surface area contributed by atoms with Gasteiger partial charge in [-0.1, -0.05) is 56.1 Å². The second-order valence-corrected chi connectivity index (χ2v) is 5.72. The van der Waals surface area contributed by atoms with E-state index in [9.17, 15) is 0 Å². The Morgan fingerprint density at radius 2 is 1.81 bits per heavy atom. The van der Waals surface area contributed by atoms with Gasteiger partial charge in [0.05, 0.1) is 16.8 Å².